The van der Waals surface area contributed by atoms with Crippen molar-refractivity contribution in [3.8, 4) is 0 Å². The van der Waals surface area contributed by atoms with Gasteiger partial charge < -0.3 is 5.11 Å². The zero-order valence-corrected chi connectivity index (χ0v) is 7.42. The van der Waals surface area contributed by atoms with E-state index in [1.54, 1.807) is 13.0 Å². The lowest BCUT2D eigenvalue weighted by molar-refractivity contribution is -0.150. The van der Waals surface area contributed by atoms with Crippen LogP contribution in [-0.2, 0) is 4.79 Å². The molecular formula is C9H16O2. The number of carbonyl (C=O) groups is 1. The quantitative estimate of drug-likeness (QED) is 0.634. The first-order chi connectivity index (χ1) is 4.95. The van der Waals surface area contributed by atoms with Crippen LogP contribution in [0.1, 0.15) is 27.2 Å². The van der Waals surface area contributed by atoms with Crippen molar-refractivity contribution in [2.75, 3.05) is 0 Å². The minimum atomic E-state index is -0.743. The Labute approximate surface area is 67.9 Å². The zero-order chi connectivity index (χ0) is 9.07. The molecule has 0 aliphatic carbocycles. The monoisotopic (exact) mass is 156 g/mol. The number of allylic oxidation sites excluding steroid dienone is 1. The van der Waals surface area contributed by atoms with Crippen LogP contribution in [0.15, 0.2) is 12.7 Å². The lowest BCUT2D eigenvalue weighted by Gasteiger charge is -2.27. The molecule has 0 amide bonds. The fourth-order valence-electron chi connectivity index (χ4n) is 0.870. The van der Waals surface area contributed by atoms with Crippen molar-refractivity contribution in [3.63, 3.8) is 0 Å². The highest BCUT2D eigenvalue weighted by Crippen LogP contribution is 2.31. The minimum absolute atomic E-state index is 0.137. The molecule has 0 rings (SSSR count). The molecule has 0 saturated heterocycles. The van der Waals surface area contributed by atoms with Gasteiger partial charge in [-0.3, -0.25) is 4.79 Å². The molecule has 0 fully saturated rings. The molecule has 1 N–H and O–H groups in total. The first-order valence-corrected chi connectivity index (χ1v) is 3.79. The predicted octanol–water partition coefficient (Wildman–Crippen LogP) is 2.31. The summed E-state index contributed by atoms with van der Waals surface area (Å²) in [5.74, 6) is -0.606. The van der Waals surface area contributed by atoms with E-state index in [-0.39, 0.29) is 5.92 Å². The van der Waals surface area contributed by atoms with Crippen LogP contribution in [0.3, 0.4) is 0 Å². The molecule has 0 bridgehead atoms. The van der Waals surface area contributed by atoms with Crippen molar-refractivity contribution in [3.05, 3.63) is 12.7 Å². The maximum Gasteiger partial charge on any atom is 0.309 e. The van der Waals surface area contributed by atoms with Crippen LogP contribution < -0.4 is 0 Å². The van der Waals surface area contributed by atoms with Crippen molar-refractivity contribution in [1.82, 2.24) is 0 Å². The molecule has 1 atom stereocenters. The molecule has 0 aromatic carbocycles. The van der Waals surface area contributed by atoms with Gasteiger partial charge in [-0.1, -0.05) is 19.9 Å². The summed E-state index contributed by atoms with van der Waals surface area (Å²) in [4.78, 5) is 10.8. The number of carboxylic acids is 1. The van der Waals surface area contributed by atoms with Crippen molar-refractivity contribution >= 4 is 5.97 Å². The highest BCUT2D eigenvalue weighted by molar-refractivity contribution is 5.74. The molecule has 0 saturated carbocycles. The third-order valence-corrected chi connectivity index (χ3v) is 2.33. The van der Waals surface area contributed by atoms with Crippen LogP contribution in [0.4, 0.5) is 0 Å². The van der Waals surface area contributed by atoms with Crippen LogP contribution in [0.2, 0.25) is 0 Å². The second kappa shape index (κ2) is 3.56. The topological polar surface area (TPSA) is 37.3 Å². The molecule has 0 aromatic rings. The fraction of sp³-hybridized carbons (Fsp3) is 0.667. The molecule has 0 aliphatic rings. The Kier molecular flexibility index (Phi) is 3.30. The standard InChI is InChI=1S/C9H16O2/c1-5-6-9(4,7(2)3)8(10)11/h5,7H,1,6H2,2-4H3,(H,10,11)/t9-/m0/s1. The summed E-state index contributed by atoms with van der Waals surface area (Å²) in [7, 11) is 0. The van der Waals surface area contributed by atoms with Crippen molar-refractivity contribution in [2.45, 2.75) is 27.2 Å². The molecule has 11 heavy (non-hydrogen) atoms. The van der Waals surface area contributed by atoms with Gasteiger partial charge in [-0.25, -0.2) is 0 Å². The van der Waals surface area contributed by atoms with Gasteiger partial charge in [-0.2, -0.15) is 0 Å². The van der Waals surface area contributed by atoms with Crippen LogP contribution in [0.5, 0.6) is 0 Å². The van der Waals surface area contributed by atoms with E-state index in [9.17, 15) is 4.79 Å². The molecule has 0 unspecified atom stereocenters. The molecule has 64 valence electrons. The molecule has 2 heteroatoms. The van der Waals surface area contributed by atoms with E-state index in [1.165, 1.54) is 0 Å². The van der Waals surface area contributed by atoms with Crippen molar-refractivity contribution in [2.24, 2.45) is 11.3 Å². The largest absolute Gasteiger partial charge is 0.481 e. The third-order valence-electron chi connectivity index (χ3n) is 2.33. The summed E-state index contributed by atoms with van der Waals surface area (Å²) in [6, 6.07) is 0. The van der Waals surface area contributed by atoms with Crippen LogP contribution in [-0.4, -0.2) is 11.1 Å². The number of hydrogen-bond acceptors (Lipinski definition) is 1. The van der Waals surface area contributed by atoms with Gasteiger partial charge in [0.25, 0.3) is 0 Å². The number of hydrogen-bond donors (Lipinski definition) is 1. The van der Waals surface area contributed by atoms with Crippen molar-refractivity contribution < 1.29 is 9.90 Å². The maximum atomic E-state index is 10.8. The van der Waals surface area contributed by atoms with Gasteiger partial charge in [0.2, 0.25) is 0 Å². The highest BCUT2D eigenvalue weighted by Gasteiger charge is 2.34. The Morgan fingerprint density at radius 1 is 1.73 bits per heavy atom. The van der Waals surface area contributed by atoms with Gasteiger partial charge >= 0.3 is 5.97 Å². The summed E-state index contributed by atoms with van der Waals surface area (Å²) < 4.78 is 0. The Bertz CT molecular complexity index is 161. The molecule has 0 aliphatic heterocycles. The highest BCUT2D eigenvalue weighted by atomic mass is 16.4. The van der Waals surface area contributed by atoms with Gasteiger partial charge in [0.15, 0.2) is 0 Å². The van der Waals surface area contributed by atoms with Gasteiger partial charge in [-0.05, 0) is 19.3 Å². The first-order valence-electron chi connectivity index (χ1n) is 3.79. The minimum Gasteiger partial charge on any atom is -0.481 e. The van der Waals surface area contributed by atoms with Crippen molar-refractivity contribution in [1.29, 1.82) is 0 Å². The Morgan fingerprint density at radius 2 is 2.18 bits per heavy atom. The van der Waals surface area contributed by atoms with E-state index in [2.05, 4.69) is 6.58 Å². The van der Waals surface area contributed by atoms with Gasteiger partial charge in [-0.15, -0.1) is 6.58 Å². The van der Waals surface area contributed by atoms with E-state index in [1.807, 2.05) is 13.8 Å². The van der Waals surface area contributed by atoms with Gasteiger partial charge in [0.05, 0.1) is 5.41 Å². The Balaban J connectivity index is 4.51. The van der Waals surface area contributed by atoms with Gasteiger partial charge in [0.1, 0.15) is 0 Å². The van der Waals surface area contributed by atoms with Crippen LogP contribution >= 0.6 is 0 Å². The lowest BCUT2D eigenvalue weighted by atomic mass is 9.76. The summed E-state index contributed by atoms with van der Waals surface area (Å²) in [6.07, 6.45) is 2.19. The summed E-state index contributed by atoms with van der Waals surface area (Å²) in [5, 5.41) is 8.89. The Hall–Kier alpha value is -0.790. The smallest absolute Gasteiger partial charge is 0.309 e. The second-order valence-electron chi connectivity index (χ2n) is 3.37. The zero-order valence-electron chi connectivity index (χ0n) is 7.42. The van der Waals surface area contributed by atoms with E-state index in [4.69, 9.17) is 5.11 Å². The van der Waals surface area contributed by atoms with E-state index < -0.39 is 11.4 Å². The lowest BCUT2D eigenvalue weighted by Crippen LogP contribution is -2.32. The molecule has 0 spiro atoms. The average molecular weight is 156 g/mol. The average Bonchev–Trinajstić information content (AvgIpc) is 1.87. The summed E-state index contributed by atoms with van der Waals surface area (Å²) in [6.45, 7) is 9.13. The summed E-state index contributed by atoms with van der Waals surface area (Å²) >= 11 is 0. The van der Waals surface area contributed by atoms with Crippen LogP contribution in [0.25, 0.3) is 0 Å². The molecule has 0 heterocycles. The second-order valence-corrected chi connectivity index (χ2v) is 3.37. The van der Waals surface area contributed by atoms with Gasteiger partial charge in [0, 0.05) is 0 Å². The molecule has 2 nitrogen and oxygen atoms in total. The number of aliphatic carboxylic acids is 1. The summed E-state index contributed by atoms with van der Waals surface area (Å²) in [5.41, 5.74) is -0.651. The third kappa shape index (κ3) is 2.07. The van der Waals surface area contributed by atoms with E-state index >= 15 is 0 Å². The normalized spacial score (nSPS) is 16.0. The Morgan fingerprint density at radius 3 is 2.27 bits per heavy atom. The SMILES string of the molecule is C=CC[C@](C)(C(=O)O)C(C)C. The number of rotatable bonds is 4. The predicted molar refractivity (Wildman–Crippen MR) is 45.4 cm³/mol. The maximum absolute atomic E-state index is 10.8. The molecule has 0 aromatic heterocycles. The number of carboxylic acid groups (broad SMARTS) is 1. The fourth-order valence-corrected chi connectivity index (χ4v) is 0.870. The molecular weight excluding hydrogens is 140 g/mol. The van der Waals surface area contributed by atoms with Crippen LogP contribution in [0, 0.1) is 11.3 Å². The first kappa shape index (κ1) is 10.2. The van der Waals surface area contributed by atoms with E-state index in [0.717, 1.165) is 0 Å². The molecule has 0 radical (unpaired) electrons. The van der Waals surface area contributed by atoms with E-state index in [0.29, 0.717) is 6.42 Å².